The highest BCUT2D eigenvalue weighted by atomic mass is 32.2. The quantitative estimate of drug-likeness (QED) is 0.264. The summed E-state index contributed by atoms with van der Waals surface area (Å²) >= 11 is 0.814. The Bertz CT molecular complexity index is 596. The first-order chi connectivity index (χ1) is 12.6. The molecule has 11 nitrogen and oxygen atoms in total. The summed E-state index contributed by atoms with van der Waals surface area (Å²) in [7, 11) is 0. The molecule has 0 saturated carbocycles. The molecular weight excluding hydrogens is 382 g/mol. The molecule has 0 aromatic carbocycles. The lowest BCUT2D eigenvalue weighted by Crippen LogP contribution is -2.50. The maximum Gasteiger partial charge on any atom is 0.326 e. The van der Waals surface area contributed by atoms with Crippen molar-refractivity contribution in [2.24, 2.45) is 0 Å². The second-order valence-electron chi connectivity index (χ2n) is 5.40. The van der Waals surface area contributed by atoms with Gasteiger partial charge < -0.3 is 26.2 Å². The fourth-order valence-corrected chi connectivity index (χ4v) is 2.58. The van der Waals surface area contributed by atoms with Gasteiger partial charge in [-0.3, -0.25) is 24.0 Å². The van der Waals surface area contributed by atoms with Gasteiger partial charge in [-0.25, -0.2) is 4.79 Å². The molecule has 0 fully saturated rings. The number of aliphatic carboxylic acids is 2. The Labute approximate surface area is 159 Å². The largest absolute Gasteiger partial charge is 0.480 e. The number of nitrogens with one attached hydrogen (secondary N) is 3. The van der Waals surface area contributed by atoms with Gasteiger partial charge in [0.25, 0.3) is 0 Å². The zero-order valence-corrected chi connectivity index (χ0v) is 15.8. The summed E-state index contributed by atoms with van der Waals surface area (Å²) in [6.45, 7) is 2.11. The Kier molecular flexibility index (Phi) is 11.4. The smallest absolute Gasteiger partial charge is 0.326 e. The molecule has 2 atom stereocenters. The van der Waals surface area contributed by atoms with Crippen LogP contribution in [0.1, 0.15) is 33.1 Å². The van der Waals surface area contributed by atoms with Crippen LogP contribution in [-0.2, 0) is 28.8 Å². The Hall–Kier alpha value is -2.63. The average molecular weight is 405 g/mol. The lowest BCUT2D eigenvalue weighted by atomic mass is 10.1. The third kappa shape index (κ3) is 11.6. The number of carbonyl (C=O) groups is 6. The SMILES string of the molecule is CCC(=O)SC[C@H](NC(=O)CC[C@H](NC(C)=O)C(=O)O)C(=O)NCC(=O)O. The standard InChI is InChI=1S/C15H23N3O8S/c1-3-13(23)27-7-10(14(24)16-6-12(21)22)18-11(20)5-4-9(15(25)26)17-8(2)19/h9-10H,3-7H2,1-2H3,(H,16,24)(H,17,19)(H,18,20)(H,21,22)(H,25,26)/t9-,10-/m0/s1. The highest BCUT2D eigenvalue weighted by Gasteiger charge is 2.24. The first-order valence-electron chi connectivity index (χ1n) is 8.01. The van der Waals surface area contributed by atoms with E-state index in [-0.39, 0.29) is 30.1 Å². The second kappa shape index (κ2) is 12.7. The number of carbonyl (C=O) groups excluding carboxylic acids is 4. The van der Waals surface area contributed by atoms with E-state index >= 15 is 0 Å². The Morgan fingerprint density at radius 1 is 1.00 bits per heavy atom. The first-order valence-corrected chi connectivity index (χ1v) is 8.99. The third-order valence-corrected chi connectivity index (χ3v) is 4.21. The zero-order chi connectivity index (χ0) is 21.0. The van der Waals surface area contributed by atoms with Gasteiger partial charge in [-0.05, 0) is 6.42 Å². The first kappa shape index (κ1) is 24.4. The van der Waals surface area contributed by atoms with Crippen molar-refractivity contribution in [3.8, 4) is 0 Å². The number of rotatable bonds is 12. The second-order valence-corrected chi connectivity index (χ2v) is 6.48. The molecule has 0 aliphatic rings. The van der Waals surface area contributed by atoms with Crippen LogP contribution in [0.5, 0.6) is 0 Å². The molecule has 152 valence electrons. The van der Waals surface area contributed by atoms with Gasteiger partial charge in [0.1, 0.15) is 18.6 Å². The molecule has 0 radical (unpaired) electrons. The average Bonchev–Trinajstić information content (AvgIpc) is 2.58. The highest BCUT2D eigenvalue weighted by Crippen LogP contribution is 2.08. The maximum absolute atomic E-state index is 12.0. The third-order valence-electron chi connectivity index (χ3n) is 3.10. The van der Waals surface area contributed by atoms with Crippen LogP contribution in [0.3, 0.4) is 0 Å². The molecule has 0 bridgehead atoms. The molecule has 0 aliphatic carbocycles. The van der Waals surface area contributed by atoms with Crippen LogP contribution in [-0.4, -0.2) is 69.4 Å². The molecule has 0 saturated heterocycles. The molecule has 0 spiro atoms. The topological polar surface area (TPSA) is 179 Å². The Morgan fingerprint density at radius 2 is 1.63 bits per heavy atom. The van der Waals surface area contributed by atoms with Crippen molar-refractivity contribution in [3.05, 3.63) is 0 Å². The molecule has 0 rings (SSSR count). The predicted octanol–water partition coefficient (Wildman–Crippen LogP) is -1.29. The molecule has 12 heteroatoms. The van der Waals surface area contributed by atoms with Crippen LogP contribution in [0.2, 0.25) is 0 Å². The lowest BCUT2D eigenvalue weighted by Gasteiger charge is -2.18. The van der Waals surface area contributed by atoms with Gasteiger partial charge in [0.2, 0.25) is 17.7 Å². The van der Waals surface area contributed by atoms with E-state index < -0.39 is 48.3 Å². The monoisotopic (exact) mass is 405 g/mol. The molecule has 0 heterocycles. The number of amides is 3. The van der Waals surface area contributed by atoms with Gasteiger partial charge in [-0.1, -0.05) is 18.7 Å². The summed E-state index contributed by atoms with van der Waals surface area (Å²) in [5, 5.41) is 24.0. The van der Waals surface area contributed by atoms with E-state index in [2.05, 4.69) is 16.0 Å². The molecule has 0 unspecified atom stereocenters. The zero-order valence-electron chi connectivity index (χ0n) is 14.9. The minimum Gasteiger partial charge on any atom is -0.480 e. The van der Waals surface area contributed by atoms with Gasteiger partial charge in [0, 0.05) is 25.5 Å². The summed E-state index contributed by atoms with van der Waals surface area (Å²) in [6, 6.07) is -2.43. The van der Waals surface area contributed by atoms with Gasteiger partial charge in [0.05, 0.1) is 0 Å². The van der Waals surface area contributed by atoms with E-state index in [9.17, 15) is 28.8 Å². The minimum atomic E-state index is -1.31. The van der Waals surface area contributed by atoms with Crippen LogP contribution >= 0.6 is 11.8 Å². The molecule has 0 aromatic rings. The number of hydrogen-bond acceptors (Lipinski definition) is 7. The predicted molar refractivity (Wildman–Crippen MR) is 94.8 cm³/mol. The summed E-state index contributed by atoms with van der Waals surface area (Å²) in [4.78, 5) is 68.0. The van der Waals surface area contributed by atoms with Crippen molar-refractivity contribution < 1.29 is 39.0 Å². The summed E-state index contributed by atoms with van der Waals surface area (Å²) in [5.41, 5.74) is 0. The van der Waals surface area contributed by atoms with E-state index in [0.717, 1.165) is 18.7 Å². The molecule has 0 aliphatic heterocycles. The fourth-order valence-electron chi connectivity index (χ4n) is 1.79. The van der Waals surface area contributed by atoms with E-state index in [1.54, 1.807) is 6.92 Å². The van der Waals surface area contributed by atoms with E-state index in [4.69, 9.17) is 10.2 Å². The normalized spacial score (nSPS) is 12.4. The van der Waals surface area contributed by atoms with Gasteiger partial charge in [-0.2, -0.15) is 0 Å². The molecule has 0 aromatic heterocycles. The Morgan fingerprint density at radius 3 is 2.11 bits per heavy atom. The van der Waals surface area contributed by atoms with Crippen LogP contribution in [0.25, 0.3) is 0 Å². The van der Waals surface area contributed by atoms with Gasteiger partial charge in [0.15, 0.2) is 5.12 Å². The minimum absolute atomic E-state index is 0.0993. The molecular formula is C15H23N3O8S. The summed E-state index contributed by atoms with van der Waals surface area (Å²) in [5.74, 6) is -4.70. The van der Waals surface area contributed by atoms with Crippen molar-refractivity contribution in [1.82, 2.24) is 16.0 Å². The van der Waals surface area contributed by atoms with Gasteiger partial charge in [-0.15, -0.1) is 0 Å². The summed E-state index contributed by atoms with van der Waals surface area (Å²) in [6.07, 6.45) is -0.281. The Balaban J connectivity index is 4.80. The lowest BCUT2D eigenvalue weighted by molar-refractivity contribution is -0.142. The van der Waals surface area contributed by atoms with Crippen molar-refractivity contribution in [3.63, 3.8) is 0 Å². The van der Waals surface area contributed by atoms with Crippen LogP contribution < -0.4 is 16.0 Å². The summed E-state index contributed by atoms with van der Waals surface area (Å²) < 4.78 is 0. The van der Waals surface area contributed by atoms with Crippen LogP contribution in [0.4, 0.5) is 0 Å². The van der Waals surface area contributed by atoms with E-state index in [1.807, 2.05) is 0 Å². The number of carboxylic acid groups (broad SMARTS) is 2. The highest BCUT2D eigenvalue weighted by molar-refractivity contribution is 8.13. The van der Waals surface area contributed by atoms with Gasteiger partial charge >= 0.3 is 11.9 Å². The van der Waals surface area contributed by atoms with Crippen molar-refractivity contribution in [2.45, 2.75) is 45.2 Å². The molecule has 5 N–H and O–H groups in total. The number of carboxylic acids is 2. The van der Waals surface area contributed by atoms with Crippen molar-refractivity contribution in [1.29, 1.82) is 0 Å². The van der Waals surface area contributed by atoms with Crippen molar-refractivity contribution in [2.75, 3.05) is 12.3 Å². The fraction of sp³-hybridized carbons (Fsp3) is 0.600. The molecule has 27 heavy (non-hydrogen) atoms. The van der Waals surface area contributed by atoms with Crippen LogP contribution in [0, 0.1) is 0 Å². The van der Waals surface area contributed by atoms with Crippen LogP contribution in [0.15, 0.2) is 0 Å². The molecule has 3 amide bonds. The van der Waals surface area contributed by atoms with Crippen molar-refractivity contribution >= 4 is 46.5 Å². The number of hydrogen-bond donors (Lipinski definition) is 5. The maximum atomic E-state index is 12.0. The van der Waals surface area contributed by atoms with E-state index in [1.165, 1.54) is 0 Å². The number of thioether (sulfide) groups is 1. The van der Waals surface area contributed by atoms with E-state index in [0.29, 0.717) is 0 Å².